The SMILES string of the molecule is Cc1ccc(CSc2nnc(SCC(=O)N/N=C\c3c(Cl)cccc3Cl)s2)cc1. The summed E-state index contributed by atoms with van der Waals surface area (Å²) in [7, 11) is 0. The van der Waals surface area contributed by atoms with Gasteiger partial charge in [-0.1, -0.05) is 94.0 Å². The lowest BCUT2D eigenvalue weighted by Gasteiger charge is -2.01. The van der Waals surface area contributed by atoms with E-state index in [9.17, 15) is 4.79 Å². The van der Waals surface area contributed by atoms with E-state index in [1.807, 2.05) is 0 Å². The van der Waals surface area contributed by atoms with Gasteiger partial charge in [-0.25, -0.2) is 5.43 Å². The molecular formula is C19H16Cl2N4OS3. The number of hydrazone groups is 1. The minimum absolute atomic E-state index is 0.185. The minimum atomic E-state index is -0.251. The van der Waals surface area contributed by atoms with Gasteiger partial charge in [-0.3, -0.25) is 4.79 Å². The van der Waals surface area contributed by atoms with Gasteiger partial charge in [-0.05, 0) is 24.6 Å². The van der Waals surface area contributed by atoms with Crippen molar-refractivity contribution in [2.45, 2.75) is 21.4 Å². The Morgan fingerprint density at radius 3 is 2.45 bits per heavy atom. The summed E-state index contributed by atoms with van der Waals surface area (Å²) in [5.74, 6) is 0.767. The lowest BCUT2D eigenvalue weighted by Crippen LogP contribution is -2.19. The van der Waals surface area contributed by atoms with Crippen molar-refractivity contribution in [1.29, 1.82) is 0 Å². The molecule has 29 heavy (non-hydrogen) atoms. The van der Waals surface area contributed by atoms with E-state index in [-0.39, 0.29) is 11.7 Å². The predicted octanol–water partition coefficient (Wildman–Crippen LogP) is 5.69. The summed E-state index contributed by atoms with van der Waals surface area (Å²) >= 11 is 16.5. The van der Waals surface area contributed by atoms with Crippen LogP contribution in [0.2, 0.25) is 10.0 Å². The highest BCUT2D eigenvalue weighted by atomic mass is 35.5. The van der Waals surface area contributed by atoms with Crippen molar-refractivity contribution in [3.8, 4) is 0 Å². The third-order valence-corrected chi connectivity index (χ3v) is 7.50. The van der Waals surface area contributed by atoms with Gasteiger partial charge in [0.05, 0.1) is 22.0 Å². The van der Waals surface area contributed by atoms with E-state index in [4.69, 9.17) is 23.2 Å². The Balaban J connectivity index is 1.43. The molecule has 3 rings (SSSR count). The van der Waals surface area contributed by atoms with Crippen LogP contribution in [0.4, 0.5) is 0 Å². The molecule has 1 N–H and O–H groups in total. The van der Waals surface area contributed by atoms with Crippen LogP contribution in [-0.2, 0) is 10.5 Å². The third kappa shape index (κ3) is 7.01. The smallest absolute Gasteiger partial charge is 0.250 e. The van der Waals surface area contributed by atoms with E-state index in [1.54, 1.807) is 30.0 Å². The molecule has 3 aromatic rings. The lowest BCUT2D eigenvalue weighted by molar-refractivity contribution is -0.118. The molecule has 0 atom stereocenters. The van der Waals surface area contributed by atoms with Crippen LogP contribution < -0.4 is 5.43 Å². The highest BCUT2D eigenvalue weighted by Crippen LogP contribution is 2.30. The molecular weight excluding hydrogens is 467 g/mol. The van der Waals surface area contributed by atoms with Gasteiger partial charge in [0, 0.05) is 11.3 Å². The normalized spacial score (nSPS) is 11.1. The van der Waals surface area contributed by atoms with Crippen LogP contribution in [0.1, 0.15) is 16.7 Å². The number of nitrogens with zero attached hydrogens (tertiary/aromatic N) is 3. The fourth-order valence-corrected chi connectivity index (χ4v) is 5.37. The Bertz CT molecular complexity index is 989. The number of thioether (sulfide) groups is 2. The van der Waals surface area contributed by atoms with Gasteiger partial charge < -0.3 is 0 Å². The zero-order valence-corrected chi connectivity index (χ0v) is 19.2. The highest BCUT2D eigenvalue weighted by molar-refractivity contribution is 8.03. The van der Waals surface area contributed by atoms with Crippen molar-refractivity contribution in [2.24, 2.45) is 5.10 Å². The quantitative estimate of drug-likeness (QED) is 0.253. The maximum atomic E-state index is 12.0. The first-order valence-corrected chi connectivity index (χ1v) is 12.0. The number of aromatic nitrogens is 2. The first-order valence-electron chi connectivity index (χ1n) is 8.42. The first-order chi connectivity index (χ1) is 14.0. The summed E-state index contributed by atoms with van der Waals surface area (Å²) in [6, 6.07) is 13.6. The lowest BCUT2D eigenvalue weighted by atomic mass is 10.2. The van der Waals surface area contributed by atoms with E-state index in [2.05, 4.69) is 51.9 Å². The van der Waals surface area contributed by atoms with E-state index < -0.39 is 0 Å². The van der Waals surface area contributed by atoms with Gasteiger partial charge in [0.1, 0.15) is 0 Å². The van der Waals surface area contributed by atoms with Crippen molar-refractivity contribution in [3.63, 3.8) is 0 Å². The van der Waals surface area contributed by atoms with Gasteiger partial charge >= 0.3 is 0 Å². The molecule has 10 heteroatoms. The number of aryl methyl sites for hydroxylation is 1. The predicted molar refractivity (Wildman–Crippen MR) is 124 cm³/mol. The van der Waals surface area contributed by atoms with Crippen molar-refractivity contribution in [2.75, 3.05) is 5.75 Å². The second-order valence-corrected chi connectivity index (χ2v) is 10.1. The molecule has 0 radical (unpaired) electrons. The standard InChI is InChI=1S/C19H16Cl2N4OS3/c1-12-5-7-13(8-6-12)10-27-18-24-25-19(29-18)28-11-17(26)23-22-9-14-15(20)3-2-4-16(14)21/h2-9H,10-11H2,1H3,(H,23,26)/b22-9-. The van der Waals surface area contributed by atoms with Crippen LogP contribution in [0.3, 0.4) is 0 Å². The van der Waals surface area contributed by atoms with Gasteiger partial charge in [0.2, 0.25) is 0 Å². The Morgan fingerprint density at radius 2 is 1.76 bits per heavy atom. The van der Waals surface area contributed by atoms with Crippen LogP contribution >= 0.6 is 58.1 Å². The van der Waals surface area contributed by atoms with Crippen molar-refractivity contribution in [3.05, 3.63) is 69.2 Å². The Morgan fingerprint density at radius 1 is 1.10 bits per heavy atom. The molecule has 1 aromatic heterocycles. The first kappa shape index (κ1) is 22.1. The molecule has 150 valence electrons. The number of amides is 1. The molecule has 5 nitrogen and oxygen atoms in total. The number of benzene rings is 2. The summed E-state index contributed by atoms with van der Waals surface area (Å²) in [6.45, 7) is 2.07. The van der Waals surface area contributed by atoms with E-state index in [1.165, 1.54) is 40.4 Å². The van der Waals surface area contributed by atoms with Gasteiger partial charge in [0.25, 0.3) is 5.91 Å². The van der Waals surface area contributed by atoms with Crippen molar-refractivity contribution >= 4 is 70.2 Å². The number of hydrogen-bond donors (Lipinski definition) is 1. The van der Waals surface area contributed by atoms with Crippen molar-refractivity contribution < 1.29 is 4.79 Å². The number of carbonyl (C=O) groups is 1. The highest BCUT2D eigenvalue weighted by Gasteiger charge is 2.09. The zero-order chi connectivity index (χ0) is 20.6. The summed E-state index contributed by atoms with van der Waals surface area (Å²) < 4.78 is 1.62. The second-order valence-electron chi connectivity index (χ2n) is 5.83. The molecule has 0 saturated carbocycles. The minimum Gasteiger partial charge on any atom is -0.272 e. The number of rotatable bonds is 8. The molecule has 0 saturated heterocycles. The maximum Gasteiger partial charge on any atom is 0.250 e. The molecule has 0 bridgehead atoms. The Kier molecular flexibility index (Phi) is 8.38. The Labute approximate surface area is 191 Å². The number of nitrogens with one attached hydrogen (secondary N) is 1. The Hall–Kier alpha value is -1.58. The van der Waals surface area contributed by atoms with Crippen LogP contribution in [-0.4, -0.2) is 28.1 Å². The molecule has 0 unspecified atom stereocenters. The average molecular weight is 483 g/mol. The van der Waals surface area contributed by atoms with Crippen LogP contribution in [0.25, 0.3) is 0 Å². The summed E-state index contributed by atoms with van der Waals surface area (Å²) in [6.07, 6.45) is 1.43. The average Bonchev–Trinajstić information content (AvgIpc) is 3.16. The summed E-state index contributed by atoms with van der Waals surface area (Å²) in [5.41, 5.74) is 5.49. The van der Waals surface area contributed by atoms with E-state index >= 15 is 0 Å². The second kappa shape index (κ2) is 11.0. The van der Waals surface area contributed by atoms with Gasteiger partial charge in [0.15, 0.2) is 8.68 Å². The summed E-state index contributed by atoms with van der Waals surface area (Å²) in [5, 5.41) is 13.1. The number of hydrogen-bond acceptors (Lipinski definition) is 7. The van der Waals surface area contributed by atoms with E-state index in [0.717, 1.165) is 14.4 Å². The third-order valence-electron chi connectivity index (χ3n) is 3.58. The molecule has 1 amide bonds. The number of carbonyl (C=O) groups excluding carboxylic acids is 1. The van der Waals surface area contributed by atoms with Crippen LogP contribution in [0.5, 0.6) is 0 Å². The van der Waals surface area contributed by atoms with Gasteiger partial charge in [-0.2, -0.15) is 5.10 Å². The molecule has 0 aliphatic heterocycles. The molecule has 2 aromatic carbocycles. The molecule has 0 aliphatic rings. The molecule has 0 fully saturated rings. The topological polar surface area (TPSA) is 67.2 Å². The molecule has 0 spiro atoms. The van der Waals surface area contributed by atoms with Gasteiger partial charge in [-0.15, -0.1) is 10.2 Å². The maximum absolute atomic E-state index is 12.0. The van der Waals surface area contributed by atoms with Crippen LogP contribution in [0.15, 0.2) is 56.2 Å². The summed E-state index contributed by atoms with van der Waals surface area (Å²) in [4.78, 5) is 12.0. The molecule has 0 aliphatic carbocycles. The molecule has 1 heterocycles. The fourth-order valence-electron chi connectivity index (χ4n) is 2.11. The fraction of sp³-hybridized carbons (Fsp3) is 0.158. The van der Waals surface area contributed by atoms with E-state index in [0.29, 0.717) is 15.6 Å². The largest absolute Gasteiger partial charge is 0.272 e. The number of halogens is 2. The monoisotopic (exact) mass is 482 g/mol. The zero-order valence-electron chi connectivity index (χ0n) is 15.3. The van der Waals surface area contributed by atoms with Crippen LogP contribution in [0, 0.1) is 6.92 Å². The van der Waals surface area contributed by atoms with Crippen molar-refractivity contribution in [1.82, 2.24) is 15.6 Å².